The van der Waals surface area contributed by atoms with Gasteiger partial charge in [-0.3, -0.25) is 4.79 Å². The Morgan fingerprint density at radius 3 is 2.71 bits per heavy atom. The predicted octanol–water partition coefficient (Wildman–Crippen LogP) is 4.15. The normalized spacial score (nSPS) is 12.3. The molecule has 4 heteroatoms. The van der Waals surface area contributed by atoms with E-state index in [9.17, 15) is 9.90 Å². The minimum absolute atomic E-state index is 0.233. The highest BCUT2D eigenvalue weighted by Gasteiger charge is 2.08. The zero-order chi connectivity index (χ0) is 15.2. The van der Waals surface area contributed by atoms with Crippen molar-refractivity contribution in [1.29, 1.82) is 0 Å². The summed E-state index contributed by atoms with van der Waals surface area (Å²) in [5.74, 6) is -0.233. The van der Waals surface area contributed by atoms with Gasteiger partial charge in [-0.05, 0) is 36.8 Å². The van der Waals surface area contributed by atoms with Crippen LogP contribution in [-0.2, 0) is 4.79 Å². The number of hydrogen-bond acceptors (Lipinski definition) is 2. The second kappa shape index (κ2) is 7.20. The molecular formula is C17H16BrNO2. The molecule has 0 aromatic heterocycles. The Balaban J connectivity index is 2.09. The number of aliphatic hydroxyl groups is 1. The van der Waals surface area contributed by atoms with E-state index in [1.54, 1.807) is 25.1 Å². The largest absolute Gasteiger partial charge is 0.389 e. The molecule has 0 saturated heterocycles. The molecule has 0 spiro atoms. The number of hydrogen-bond donors (Lipinski definition) is 2. The fourth-order valence-corrected chi connectivity index (χ4v) is 2.35. The van der Waals surface area contributed by atoms with Crippen LogP contribution in [0.15, 0.2) is 59.1 Å². The molecule has 2 N–H and O–H groups in total. The summed E-state index contributed by atoms with van der Waals surface area (Å²) in [6, 6.07) is 14.9. The van der Waals surface area contributed by atoms with Gasteiger partial charge in [-0.25, -0.2) is 0 Å². The molecule has 0 radical (unpaired) electrons. The van der Waals surface area contributed by atoms with E-state index in [4.69, 9.17) is 0 Å². The van der Waals surface area contributed by atoms with Crippen LogP contribution >= 0.6 is 15.9 Å². The molecule has 1 amide bonds. The van der Waals surface area contributed by atoms with Crippen molar-refractivity contribution < 1.29 is 9.90 Å². The average Bonchev–Trinajstić information content (AvgIpc) is 2.45. The van der Waals surface area contributed by atoms with Gasteiger partial charge in [0.2, 0.25) is 5.91 Å². The number of nitrogens with one attached hydrogen (secondary N) is 1. The molecule has 0 fully saturated rings. The summed E-state index contributed by atoms with van der Waals surface area (Å²) in [6.07, 6.45) is 2.58. The Kier molecular flexibility index (Phi) is 5.31. The van der Waals surface area contributed by atoms with Gasteiger partial charge >= 0.3 is 0 Å². The first kappa shape index (κ1) is 15.5. The zero-order valence-electron chi connectivity index (χ0n) is 11.6. The van der Waals surface area contributed by atoms with Crippen LogP contribution in [0, 0.1) is 0 Å². The highest BCUT2D eigenvalue weighted by Crippen LogP contribution is 2.22. The molecule has 0 saturated carbocycles. The molecule has 1 unspecified atom stereocenters. The van der Waals surface area contributed by atoms with E-state index in [-0.39, 0.29) is 5.91 Å². The van der Waals surface area contributed by atoms with E-state index in [1.807, 2.05) is 36.4 Å². The van der Waals surface area contributed by atoms with Gasteiger partial charge in [0.1, 0.15) is 0 Å². The van der Waals surface area contributed by atoms with Crippen LogP contribution in [0.4, 0.5) is 5.69 Å². The number of halogens is 1. The van der Waals surface area contributed by atoms with Crippen LogP contribution in [0.1, 0.15) is 24.2 Å². The molecule has 0 heterocycles. The number of aliphatic hydroxyl groups excluding tert-OH is 1. The fraction of sp³-hybridized carbons (Fsp3) is 0.118. The standard InChI is InChI=1S/C17H16BrNO2/c1-12(20)15-7-2-3-8-16(15)19-17(21)10-9-13-5-4-6-14(18)11-13/h2-12,20H,1H3,(H,19,21). The van der Waals surface area contributed by atoms with Gasteiger partial charge in [-0.2, -0.15) is 0 Å². The first-order valence-electron chi connectivity index (χ1n) is 6.58. The molecule has 0 aliphatic carbocycles. The molecule has 108 valence electrons. The minimum Gasteiger partial charge on any atom is -0.389 e. The lowest BCUT2D eigenvalue weighted by Crippen LogP contribution is -2.10. The lowest BCUT2D eigenvalue weighted by molar-refractivity contribution is -0.111. The van der Waals surface area contributed by atoms with E-state index in [2.05, 4.69) is 21.2 Å². The number of carbonyl (C=O) groups is 1. The van der Waals surface area contributed by atoms with Gasteiger partial charge in [-0.1, -0.05) is 46.3 Å². The summed E-state index contributed by atoms with van der Waals surface area (Å²) in [5, 5.41) is 12.5. The van der Waals surface area contributed by atoms with Crippen LogP contribution in [0.25, 0.3) is 6.08 Å². The molecule has 2 aromatic carbocycles. The van der Waals surface area contributed by atoms with Crippen LogP contribution in [0.3, 0.4) is 0 Å². The molecule has 1 atom stereocenters. The summed E-state index contributed by atoms with van der Waals surface area (Å²) in [7, 11) is 0. The summed E-state index contributed by atoms with van der Waals surface area (Å²) in [4.78, 5) is 12.0. The van der Waals surface area contributed by atoms with Crippen molar-refractivity contribution in [2.75, 3.05) is 5.32 Å². The minimum atomic E-state index is -0.629. The maximum absolute atomic E-state index is 12.0. The second-order valence-electron chi connectivity index (χ2n) is 4.64. The maximum atomic E-state index is 12.0. The smallest absolute Gasteiger partial charge is 0.248 e. The van der Waals surface area contributed by atoms with Gasteiger partial charge in [0.05, 0.1) is 6.10 Å². The number of anilines is 1. The number of rotatable bonds is 4. The Labute approximate surface area is 132 Å². The fourth-order valence-electron chi connectivity index (χ4n) is 1.93. The van der Waals surface area contributed by atoms with Crippen molar-refractivity contribution in [2.24, 2.45) is 0 Å². The SMILES string of the molecule is CC(O)c1ccccc1NC(=O)C=Cc1cccc(Br)c1. The Morgan fingerprint density at radius 2 is 2.00 bits per heavy atom. The molecule has 21 heavy (non-hydrogen) atoms. The molecule has 3 nitrogen and oxygen atoms in total. The highest BCUT2D eigenvalue weighted by molar-refractivity contribution is 9.10. The first-order valence-corrected chi connectivity index (χ1v) is 7.37. The van der Waals surface area contributed by atoms with E-state index >= 15 is 0 Å². The van der Waals surface area contributed by atoms with Crippen molar-refractivity contribution in [3.63, 3.8) is 0 Å². The van der Waals surface area contributed by atoms with Gasteiger partial charge in [-0.15, -0.1) is 0 Å². The molecule has 2 aromatic rings. The quantitative estimate of drug-likeness (QED) is 0.817. The molecular weight excluding hydrogens is 330 g/mol. The lowest BCUT2D eigenvalue weighted by Gasteiger charge is -2.11. The summed E-state index contributed by atoms with van der Waals surface area (Å²) >= 11 is 3.39. The lowest BCUT2D eigenvalue weighted by atomic mass is 10.1. The topological polar surface area (TPSA) is 49.3 Å². The second-order valence-corrected chi connectivity index (χ2v) is 5.56. The molecule has 0 bridgehead atoms. The average molecular weight is 346 g/mol. The highest BCUT2D eigenvalue weighted by atomic mass is 79.9. The number of amides is 1. The van der Waals surface area contributed by atoms with E-state index < -0.39 is 6.10 Å². The Bertz CT molecular complexity index is 665. The van der Waals surface area contributed by atoms with Crippen LogP contribution in [0.5, 0.6) is 0 Å². The number of para-hydroxylation sites is 1. The summed E-state index contributed by atoms with van der Waals surface area (Å²) < 4.78 is 0.963. The third-order valence-electron chi connectivity index (χ3n) is 2.94. The predicted molar refractivity (Wildman–Crippen MR) is 88.9 cm³/mol. The molecule has 2 rings (SSSR count). The van der Waals surface area contributed by atoms with Crippen molar-refractivity contribution in [3.05, 3.63) is 70.2 Å². The first-order chi connectivity index (χ1) is 10.1. The van der Waals surface area contributed by atoms with Crippen molar-refractivity contribution in [3.8, 4) is 0 Å². The van der Waals surface area contributed by atoms with Crippen LogP contribution in [-0.4, -0.2) is 11.0 Å². The third-order valence-corrected chi connectivity index (χ3v) is 3.44. The van der Waals surface area contributed by atoms with Gasteiger partial charge in [0.25, 0.3) is 0 Å². The summed E-state index contributed by atoms with van der Waals surface area (Å²) in [5.41, 5.74) is 2.25. The molecule has 0 aliphatic rings. The summed E-state index contributed by atoms with van der Waals surface area (Å²) in [6.45, 7) is 1.67. The van der Waals surface area contributed by atoms with Gasteiger partial charge in [0.15, 0.2) is 0 Å². The van der Waals surface area contributed by atoms with E-state index in [0.29, 0.717) is 11.3 Å². The van der Waals surface area contributed by atoms with Crippen LogP contribution in [0.2, 0.25) is 0 Å². The van der Waals surface area contributed by atoms with E-state index in [1.165, 1.54) is 6.08 Å². The Hall–Kier alpha value is -1.91. The van der Waals surface area contributed by atoms with E-state index in [0.717, 1.165) is 10.0 Å². The van der Waals surface area contributed by atoms with Crippen molar-refractivity contribution >= 4 is 33.6 Å². The van der Waals surface area contributed by atoms with Crippen LogP contribution < -0.4 is 5.32 Å². The van der Waals surface area contributed by atoms with Gasteiger partial charge < -0.3 is 10.4 Å². The number of carbonyl (C=O) groups excluding carboxylic acids is 1. The van der Waals surface area contributed by atoms with Gasteiger partial charge in [0, 0.05) is 21.8 Å². The number of benzene rings is 2. The van der Waals surface area contributed by atoms with Crippen molar-refractivity contribution in [1.82, 2.24) is 0 Å². The van der Waals surface area contributed by atoms with Crippen molar-refractivity contribution in [2.45, 2.75) is 13.0 Å². The maximum Gasteiger partial charge on any atom is 0.248 e. The molecule has 0 aliphatic heterocycles. The zero-order valence-corrected chi connectivity index (χ0v) is 13.2. The third kappa shape index (κ3) is 4.55. The monoisotopic (exact) mass is 345 g/mol. The Morgan fingerprint density at radius 1 is 1.24 bits per heavy atom.